The summed E-state index contributed by atoms with van der Waals surface area (Å²) in [5.74, 6) is 3.50. The first-order valence-electron chi connectivity index (χ1n) is 7.15. The summed E-state index contributed by atoms with van der Waals surface area (Å²) in [4.78, 5) is 0. The van der Waals surface area contributed by atoms with Crippen LogP contribution in [0.25, 0.3) is 0 Å². The molecule has 0 heterocycles. The van der Waals surface area contributed by atoms with E-state index in [1.165, 1.54) is 12.8 Å². The lowest BCUT2D eigenvalue weighted by Crippen LogP contribution is -1.97. The monoisotopic (exact) mass is 262 g/mol. The lowest BCUT2D eigenvalue weighted by Gasteiger charge is -1.92. The highest BCUT2D eigenvalue weighted by Crippen LogP contribution is 1.98. The third kappa shape index (κ3) is 78.3. The minimum Gasteiger partial charge on any atom is -0.330 e. The normalized spacial score (nSPS) is 7.17. The van der Waals surface area contributed by atoms with Crippen molar-refractivity contribution in [3.63, 3.8) is 0 Å². The molecule has 5 N–H and O–H groups in total. The fraction of sp³-hybridized carbons (Fsp3) is 0.733. The van der Waals surface area contributed by atoms with Gasteiger partial charge in [0.2, 0.25) is 0 Å². The van der Waals surface area contributed by atoms with Crippen molar-refractivity contribution in [2.75, 3.05) is 6.54 Å². The molecule has 0 aliphatic carbocycles. The molecular weight excluding hydrogens is 224 g/mol. The molecule has 0 aromatic carbocycles. The summed E-state index contributed by atoms with van der Waals surface area (Å²) in [6.45, 7) is 16.4. The van der Waals surface area contributed by atoms with Crippen LogP contribution in [0.5, 0.6) is 0 Å². The van der Waals surface area contributed by atoms with Crippen molar-refractivity contribution >= 4 is 0 Å². The Hall–Kier alpha value is -0.640. The first-order valence-corrected chi connectivity index (χ1v) is 7.15. The fourth-order valence-electron chi connectivity index (χ4n) is 0.776. The highest BCUT2D eigenvalue weighted by atomic mass is 16.4. The summed E-state index contributed by atoms with van der Waals surface area (Å²) in [6.07, 6.45) is 10.8. The Morgan fingerprint density at radius 3 is 1.67 bits per heavy atom. The smallest absolute Gasteiger partial charge is 0.00773 e. The van der Waals surface area contributed by atoms with Gasteiger partial charge in [0.05, 0.1) is 0 Å². The maximum atomic E-state index is 6.50. The molecule has 0 rings (SSSR count). The first-order chi connectivity index (χ1) is 8.91. The second-order valence-electron chi connectivity index (χ2n) is 2.30. The number of allylic oxidation sites excluding steroid dienone is 3. The molecule has 0 saturated carbocycles. The molecule has 0 amide bonds. The highest BCUT2D eigenvalue weighted by molar-refractivity contribution is 4.96. The summed E-state index contributed by atoms with van der Waals surface area (Å²) in [6, 6.07) is 0. The quantitative estimate of drug-likeness (QED) is 0.370. The van der Waals surface area contributed by atoms with Gasteiger partial charge in [-0.3, -0.25) is 0 Å². The Morgan fingerprint density at radius 2 is 1.33 bits per heavy atom. The minimum absolute atomic E-state index is 0.825. The van der Waals surface area contributed by atoms with Crippen molar-refractivity contribution in [1.29, 1.82) is 0 Å². The minimum atomic E-state index is 0.825. The van der Waals surface area contributed by atoms with Crippen molar-refractivity contribution in [1.82, 2.24) is 0 Å². The zero-order chi connectivity index (χ0) is 15.7. The van der Waals surface area contributed by atoms with Crippen LogP contribution < -0.4 is 11.6 Å². The third-order valence-corrected chi connectivity index (χ3v) is 1.35. The SMILES string of the molecule is C=C/C=C\CCCCCN.CC.CC.CC.NO. The number of hydrogen-bond donors (Lipinski definition) is 3. The van der Waals surface area contributed by atoms with Crippen LogP contribution >= 0.6 is 0 Å². The molecule has 0 fully saturated rings. The Labute approximate surface area is 116 Å². The van der Waals surface area contributed by atoms with E-state index in [9.17, 15) is 0 Å². The standard InChI is InChI=1S/C9H17N.3C2H6.H3NO/c1-2-3-4-5-6-7-8-9-10;4*1-2/h2-4H,1,5-10H2;3*1-2H3;2H,1H2/b4-3-;;;;. The van der Waals surface area contributed by atoms with Gasteiger partial charge >= 0.3 is 0 Å². The first kappa shape index (κ1) is 30.4. The van der Waals surface area contributed by atoms with Gasteiger partial charge < -0.3 is 10.9 Å². The molecule has 114 valence electrons. The molecule has 3 heteroatoms. The maximum Gasteiger partial charge on any atom is -0.00773 e. The van der Waals surface area contributed by atoms with E-state index in [1.807, 2.05) is 53.7 Å². The van der Waals surface area contributed by atoms with Crippen LogP contribution in [0, 0.1) is 0 Å². The van der Waals surface area contributed by atoms with Crippen LogP contribution in [-0.2, 0) is 0 Å². The Kier molecular flexibility index (Phi) is 120. The second-order valence-corrected chi connectivity index (χ2v) is 2.30. The molecule has 0 unspecified atom stereocenters. The molecule has 0 aromatic rings. The molecule has 3 nitrogen and oxygen atoms in total. The van der Waals surface area contributed by atoms with Crippen molar-refractivity contribution in [2.45, 2.75) is 67.2 Å². The van der Waals surface area contributed by atoms with Crippen LogP contribution in [-0.4, -0.2) is 11.8 Å². The van der Waals surface area contributed by atoms with Gasteiger partial charge in [0.25, 0.3) is 0 Å². The number of hydrogen-bond acceptors (Lipinski definition) is 3. The average molecular weight is 262 g/mol. The van der Waals surface area contributed by atoms with E-state index in [4.69, 9.17) is 10.9 Å². The van der Waals surface area contributed by atoms with E-state index in [2.05, 4.69) is 18.6 Å². The summed E-state index contributed by atoms with van der Waals surface area (Å²) >= 11 is 0. The Morgan fingerprint density at radius 1 is 0.889 bits per heavy atom. The predicted octanol–water partition coefficient (Wildman–Crippen LogP) is 4.66. The average Bonchev–Trinajstić information content (AvgIpc) is 2.51. The Balaban J connectivity index is -0.0000000596. The van der Waals surface area contributed by atoms with Crippen LogP contribution in [0.3, 0.4) is 0 Å². The van der Waals surface area contributed by atoms with Gasteiger partial charge in [-0.05, 0) is 25.8 Å². The largest absolute Gasteiger partial charge is 0.330 e. The van der Waals surface area contributed by atoms with Gasteiger partial charge in [0.15, 0.2) is 0 Å². The number of nitrogens with two attached hydrogens (primary N) is 2. The zero-order valence-electron chi connectivity index (χ0n) is 13.6. The molecule has 18 heavy (non-hydrogen) atoms. The van der Waals surface area contributed by atoms with Gasteiger partial charge in [-0.15, -0.1) is 0 Å². The van der Waals surface area contributed by atoms with Crippen LogP contribution in [0.4, 0.5) is 0 Å². The molecular formula is C15H38N2O. The van der Waals surface area contributed by atoms with E-state index >= 15 is 0 Å². The molecule has 0 aromatic heterocycles. The van der Waals surface area contributed by atoms with Crippen molar-refractivity contribution in [3.8, 4) is 0 Å². The second kappa shape index (κ2) is 71.3. The van der Waals surface area contributed by atoms with Crippen LogP contribution in [0.15, 0.2) is 24.8 Å². The summed E-state index contributed by atoms with van der Waals surface area (Å²) in [5.41, 5.74) is 5.34. The number of unbranched alkanes of at least 4 members (excludes halogenated alkanes) is 3. The van der Waals surface area contributed by atoms with E-state index in [-0.39, 0.29) is 0 Å². The van der Waals surface area contributed by atoms with Crippen molar-refractivity contribution < 1.29 is 5.21 Å². The molecule has 0 saturated heterocycles. The molecule has 0 atom stereocenters. The van der Waals surface area contributed by atoms with Gasteiger partial charge in [0, 0.05) is 0 Å². The van der Waals surface area contributed by atoms with Gasteiger partial charge in [-0.1, -0.05) is 72.8 Å². The highest BCUT2D eigenvalue weighted by Gasteiger charge is 1.82. The van der Waals surface area contributed by atoms with Gasteiger partial charge in [-0.25, -0.2) is 5.90 Å². The number of rotatable bonds is 6. The summed E-state index contributed by atoms with van der Waals surface area (Å²) in [7, 11) is 0. The zero-order valence-corrected chi connectivity index (χ0v) is 13.6. The summed E-state index contributed by atoms with van der Waals surface area (Å²) < 4.78 is 0. The molecule has 0 radical (unpaired) electrons. The van der Waals surface area contributed by atoms with E-state index < -0.39 is 0 Å². The predicted molar refractivity (Wildman–Crippen MR) is 86.9 cm³/mol. The lowest BCUT2D eigenvalue weighted by atomic mass is 10.2. The van der Waals surface area contributed by atoms with Gasteiger partial charge in [-0.2, -0.15) is 0 Å². The molecule has 0 aliphatic heterocycles. The molecule has 0 aliphatic rings. The molecule has 0 bridgehead atoms. The van der Waals surface area contributed by atoms with Crippen molar-refractivity contribution in [3.05, 3.63) is 24.8 Å². The van der Waals surface area contributed by atoms with Crippen LogP contribution in [0.1, 0.15) is 67.2 Å². The Bertz CT molecular complexity index is 105. The maximum absolute atomic E-state index is 6.50. The topological polar surface area (TPSA) is 72.3 Å². The summed E-state index contributed by atoms with van der Waals surface area (Å²) in [5, 5.41) is 6.50. The van der Waals surface area contributed by atoms with E-state index in [0.29, 0.717) is 0 Å². The van der Waals surface area contributed by atoms with E-state index in [1.54, 1.807) is 0 Å². The van der Waals surface area contributed by atoms with Crippen LogP contribution in [0.2, 0.25) is 0 Å². The van der Waals surface area contributed by atoms with Gasteiger partial charge in [0.1, 0.15) is 0 Å². The van der Waals surface area contributed by atoms with E-state index in [0.717, 1.165) is 19.4 Å². The lowest BCUT2D eigenvalue weighted by molar-refractivity contribution is 0.311. The van der Waals surface area contributed by atoms with Crippen molar-refractivity contribution in [2.24, 2.45) is 11.6 Å². The fourth-order valence-corrected chi connectivity index (χ4v) is 0.776. The molecule has 0 spiro atoms. The third-order valence-electron chi connectivity index (χ3n) is 1.35.